The fourth-order valence-corrected chi connectivity index (χ4v) is 5.59. The van der Waals surface area contributed by atoms with Crippen LogP contribution in [0.2, 0.25) is 0 Å². The molecule has 1 saturated heterocycles. The SMILES string of the molecule is COC(=O)C1(NC(=O)CCc2ccc(S(=O)(=O)N3CCOCC3)cc2)CCC(C)CC1. The Hall–Kier alpha value is -1.97. The zero-order valence-corrected chi connectivity index (χ0v) is 19.1. The van der Waals surface area contributed by atoms with Gasteiger partial charge in [-0.3, -0.25) is 4.79 Å². The summed E-state index contributed by atoms with van der Waals surface area (Å²) >= 11 is 0. The van der Waals surface area contributed by atoms with E-state index < -0.39 is 15.6 Å². The van der Waals surface area contributed by atoms with Crippen molar-refractivity contribution >= 4 is 21.9 Å². The minimum atomic E-state index is -3.53. The summed E-state index contributed by atoms with van der Waals surface area (Å²) in [4.78, 5) is 25.2. The Bertz CT molecular complexity index is 870. The normalized spacial score (nSPS) is 25.0. The number of nitrogens with zero attached hydrogens (tertiary/aromatic N) is 1. The molecule has 1 aromatic rings. The zero-order chi connectivity index (χ0) is 22.5. The van der Waals surface area contributed by atoms with Crippen LogP contribution >= 0.6 is 0 Å². The van der Waals surface area contributed by atoms with Crippen molar-refractivity contribution in [3.8, 4) is 0 Å². The molecule has 0 bridgehead atoms. The topological polar surface area (TPSA) is 102 Å². The second-order valence-electron chi connectivity index (χ2n) is 8.46. The number of carbonyl (C=O) groups excluding carboxylic acids is 2. The molecule has 1 heterocycles. The number of morpholine rings is 1. The van der Waals surface area contributed by atoms with Crippen LogP contribution in [-0.4, -0.2) is 63.6 Å². The molecule has 9 heteroatoms. The number of sulfonamides is 1. The van der Waals surface area contributed by atoms with E-state index in [1.165, 1.54) is 11.4 Å². The number of ether oxygens (including phenoxy) is 2. The fraction of sp³-hybridized carbons (Fsp3) is 0.636. The molecular weight excluding hydrogens is 420 g/mol. The summed E-state index contributed by atoms with van der Waals surface area (Å²) in [5.41, 5.74) is -0.0745. The van der Waals surface area contributed by atoms with Gasteiger partial charge in [-0.2, -0.15) is 4.31 Å². The van der Waals surface area contributed by atoms with Crippen molar-refractivity contribution in [2.75, 3.05) is 33.4 Å². The number of aryl methyl sites for hydroxylation is 1. The lowest BCUT2D eigenvalue weighted by Gasteiger charge is -2.37. The Morgan fingerprint density at radius 2 is 1.77 bits per heavy atom. The van der Waals surface area contributed by atoms with Gasteiger partial charge in [0.05, 0.1) is 25.2 Å². The van der Waals surface area contributed by atoms with Crippen LogP contribution in [-0.2, 0) is 35.5 Å². The van der Waals surface area contributed by atoms with Crippen LogP contribution in [0.5, 0.6) is 0 Å². The van der Waals surface area contributed by atoms with E-state index in [9.17, 15) is 18.0 Å². The van der Waals surface area contributed by atoms with Gasteiger partial charge in [-0.1, -0.05) is 19.1 Å². The maximum atomic E-state index is 12.7. The number of methoxy groups -OCH3 is 1. The van der Waals surface area contributed by atoms with Gasteiger partial charge in [0.25, 0.3) is 0 Å². The van der Waals surface area contributed by atoms with Crippen molar-refractivity contribution in [3.63, 3.8) is 0 Å². The van der Waals surface area contributed by atoms with E-state index in [1.807, 2.05) is 0 Å². The Kier molecular flexibility index (Phi) is 7.72. The smallest absolute Gasteiger partial charge is 0.331 e. The van der Waals surface area contributed by atoms with Crippen LogP contribution in [0.25, 0.3) is 0 Å². The molecule has 1 aliphatic carbocycles. The molecule has 31 heavy (non-hydrogen) atoms. The third kappa shape index (κ3) is 5.64. The van der Waals surface area contributed by atoms with E-state index in [2.05, 4.69) is 12.2 Å². The molecule has 0 aromatic heterocycles. The first-order chi connectivity index (χ1) is 14.8. The summed E-state index contributed by atoms with van der Waals surface area (Å²) in [5.74, 6) is -0.0580. The van der Waals surface area contributed by atoms with Crippen molar-refractivity contribution in [2.24, 2.45) is 5.92 Å². The Morgan fingerprint density at radius 3 is 2.35 bits per heavy atom. The number of rotatable bonds is 7. The van der Waals surface area contributed by atoms with Crippen molar-refractivity contribution in [1.82, 2.24) is 9.62 Å². The molecule has 0 unspecified atom stereocenters. The molecule has 0 spiro atoms. The van der Waals surface area contributed by atoms with Gasteiger partial charge >= 0.3 is 5.97 Å². The predicted molar refractivity (Wildman–Crippen MR) is 115 cm³/mol. The summed E-state index contributed by atoms with van der Waals surface area (Å²) in [6, 6.07) is 6.63. The summed E-state index contributed by atoms with van der Waals surface area (Å²) < 4.78 is 37.0. The number of benzene rings is 1. The van der Waals surface area contributed by atoms with Gasteiger partial charge in [-0.15, -0.1) is 0 Å². The molecule has 0 radical (unpaired) electrons. The van der Waals surface area contributed by atoms with Crippen molar-refractivity contribution in [1.29, 1.82) is 0 Å². The van der Waals surface area contributed by atoms with E-state index in [-0.39, 0.29) is 23.2 Å². The molecule has 2 fully saturated rings. The second kappa shape index (κ2) is 10.1. The van der Waals surface area contributed by atoms with Gasteiger partial charge in [-0.25, -0.2) is 13.2 Å². The standard InChI is InChI=1S/C22H32N2O6S/c1-17-9-11-22(12-10-17,21(26)29-2)23-20(25)8-5-18-3-6-19(7-4-18)31(27,28)24-13-15-30-16-14-24/h3-4,6-7,17H,5,8-16H2,1-2H3,(H,23,25). The first-order valence-electron chi connectivity index (χ1n) is 10.8. The minimum absolute atomic E-state index is 0.204. The van der Waals surface area contributed by atoms with Gasteiger partial charge in [0, 0.05) is 19.5 Å². The zero-order valence-electron chi connectivity index (χ0n) is 18.3. The highest BCUT2D eigenvalue weighted by Gasteiger charge is 2.43. The van der Waals surface area contributed by atoms with Crippen molar-refractivity contribution < 1.29 is 27.5 Å². The van der Waals surface area contributed by atoms with Crippen LogP contribution in [0.15, 0.2) is 29.2 Å². The van der Waals surface area contributed by atoms with E-state index in [1.54, 1.807) is 24.3 Å². The van der Waals surface area contributed by atoms with Crippen LogP contribution in [0.4, 0.5) is 0 Å². The third-order valence-corrected chi connectivity index (χ3v) is 8.17. The molecule has 1 aliphatic heterocycles. The Labute approximate surface area is 184 Å². The Morgan fingerprint density at radius 1 is 1.16 bits per heavy atom. The monoisotopic (exact) mass is 452 g/mol. The summed E-state index contributed by atoms with van der Waals surface area (Å²) in [6.45, 7) is 3.65. The predicted octanol–water partition coefficient (Wildman–Crippen LogP) is 1.88. The molecule has 0 atom stereocenters. The molecule has 1 aromatic carbocycles. The molecular formula is C22H32N2O6S. The first-order valence-corrected chi connectivity index (χ1v) is 12.3. The van der Waals surface area contributed by atoms with Crippen LogP contribution in [0.1, 0.15) is 44.6 Å². The maximum Gasteiger partial charge on any atom is 0.331 e. The average molecular weight is 453 g/mol. The highest BCUT2D eigenvalue weighted by atomic mass is 32.2. The van der Waals surface area contributed by atoms with Crippen LogP contribution < -0.4 is 5.32 Å². The second-order valence-corrected chi connectivity index (χ2v) is 10.4. The molecule has 1 amide bonds. The summed E-state index contributed by atoms with van der Waals surface area (Å²) in [6.07, 6.45) is 3.57. The number of amides is 1. The molecule has 2 aliphatic rings. The van der Waals surface area contributed by atoms with Gasteiger partial charge in [0.15, 0.2) is 0 Å². The number of carbonyl (C=O) groups is 2. The van der Waals surface area contributed by atoms with Crippen molar-refractivity contribution in [3.05, 3.63) is 29.8 Å². The summed E-state index contributed by atoms with van der Waals surface area (Å²) in [7, 11) is -2.18. The lowest BCUT2D eigenvalue weighted by atomic mass is 9.77. The largest absolute Gasteiger partial charge is 0.467 e. The number of hydrogen-bond donors (Lipinski definition) is 1. The number of hydrogen-bond acceptors (Lipinski definition) is 6. The number of nitrogens with one attached hydrogen (secondary N) is 1. The fourth-order valence-electron chi connectivity index (χ4n) is 4.18. The number of esters is 1. The lowest BCUT2D eigenvalue weighted by molar-refractivity contribution is -0.153. The molecule has 3 rings (SSSR count). The van der Waals surface area contributed by atoms with Gasteiger partial charge in [0.1, 0.15) is 5.54 Å². The first kappa shape index (κ1) is 23.7. The molecule has 8 nitrogen and oxygen atoms in total. The molecule has 1 saturated carbocycles. The Balaban J connectivity index is 1.58. The van der Waals surface area contributed by atoms with Crippen LogP contribution in [0.3, 0.4) is 0 Å². The van der Waals surface area contributed by atoms with E-state index >= 15 is 0 Å². The van der Waals surface area contributed by atoms with E-state index in [0.29, 0.717) is 51.5 Å². The average Bonchev–Trinajstić information content (AvgIpc) is 2.79. The van der Waals surface area contributed by atoms with Gasteiger partial charge in [0.2, 0.25) is 15.9 Å². The van der Waals surface area contributed by atoms with Gasteiger partial charge in [-0.05, 0) is 55.7 Å². The van der Waals surface area contributed by atoms with Crippen molar-refractivity contribution in [2.45, 2.75) is 55.9 Å². The van der Waals surface area contributed by atoms with E-state index in [0.717, 1.165) is 18.4 Å². The minimum Gasteiger partial charge on any atom is -0.467 e. The molecule has 1 N–H and O–H groups in total. The van der Waals surface area contributed by atoms with Crippen LogP contribution in [0, 0.1) is 5.92 Å². The highest BCUT2D eigenvalue weighted by molar-refractivity contribution is 7.89. The third-order valence-electron chi connectivity index (χ3n) is 6.25. The molecule has 172 valence electrons. The summed E-state index contributed by atoms with van der Waals surface area (Å²) in [5, 5.41) is 2.92. The lowest BCUT2D eigenvalue weighted by Crippen LogP contribution is -2.56. The van der Waals surface area contributed by atoms with E-state index in [4.69, 9.17) is 9.47 Å². The van der Waals surface area contributed by atoms with Gasteiger partial charge < -0.3 is 14.8 Å². The maximum absolute atomic E-state index is 12.7. The quantitative estimate of drug-likeness (QED) is 0.634. The highest BCUT2D eigenvalue weighted by Crippen LogP contribution is 2.33.